The monoisotopic (exact) mass is 325 g/mol. The maximum atomic E-state index is 11.8. The van der Waals surface area contributed by atoms with Crippen LogP contribution in [0, 0.1) is 24.0 Å². The Bertz CT molecular complexity index is 990. The number of hydrogen-bond donors (Lipinski definition) is 0. The summed E-state index contributed by atoms with van der Waals surface area (Å²) in [6.07, 6.45) is 0. The second-order valence-electron chi connectivity index (χ2n) is 5.49. The average molecular weight is 325 g/mol. The fourth-order valence-corrected chi connectivity index (χ4v) is 2.53. The number of nitrogens with zero attached hydrogens (tertiary/aromatic N) is 1. The van der Waals surface area contributed by atoms with Crippen molar-refractivity contribution in [2.24, 2.45) is 0 Å². The Hall–Kier alpha value is -3.15. The predicted molar refractivity (Wildman–Crippen MR) is 89.4 cm³/mol. The van der Waals surface area contributed by atoms with Gasteiger partial charge in [0.15, 0.2) is 5.75 Å². The van der Waals surface area contributed by atoms with Gasteiger partial charge in [-0.2, -0.15) is 0 Å². The van der Waals surface area contributed by atoms with Gasteiger partial charge in [0.25, 0.3) is 0 Å². The molecule has 6 nitrogen and oxygen atoms in total. The summed E-state index contributed by atoms with van der Waals surface area (Å²) < 4.78 is 10.9. The molecule has 0 saturated heterocycles. The lowest BCUT2D eigenvalue weighted by molar-refractivity contribution is -0.385. The van der Waals surface area contributed by atoms with Crippen LogP contribution in [0.2, 0.25) is 0 Å². The molecule has 24 heavy (non-hydrogen) atoms. The molecule has 0 aliphatic heterocycles. The number of nitro benzene ring substituents is 1. The van der Waals surface area contributed by atoms with Crippen molar-refractivity contribution in [3.63, 3.8) is 0 Å². The summed E-state index contributed by atoms with van der Waals surface area (Å²) in [5.41, 5.74) is 2.46. The summed E-state index contributed by atoms with van der Waals surface area (Å²) in [4.78, 5) is 22.4. The SMILES string of the molecule is Cc1ccc2c(COc3ccccc3[N+](=O)[O-])cc(=O)oc2c1C. The number of hydrogen-bond acceptors (Lipinski definition) is 5. The molecule has 0 amide bonds. The number of nitro groups is 1. The van der Waals surface area contributed by atoms with E-state index in [0.29, 0.717) is 11.1 Å². The van der Waals surface area contributed by atoms with E-state index in [4.69, 9.17) is 9.15 Å². The highest BCUT2D eigenvalue weighted by atomic mass is 16.6. The van der Waals surface area contributed by atoms with Gasteiger partial charge in [0.05, 0.1) is 4.92 Å². The van der Waals surface area contributed by atoms with Crippen molar-refractivity contribution < 1.29 is 14.1 Å². The van der Waals surface area contributed by atoms with E-state index < -0.39 is 10.5 Å². The minimum atomic E-state index is -0.500. The van der Waals surface area contributed by atoms with E-state index in [-0.39, 0.29) is 18.0 Å². The van der Waals surface area contributed by atoms with Crippen molar-refractivity contribution in [3.05, 3.63) is 79.7 Å². The summed E-state index contributed by atoms with van der Waals surface area (Å²) in [5, 5.41) is 11.8. The minimum Gasteiger partial charge on any atom is -0.482 e. The molecular formula is C18H15NO5. The van der Waals surface area contributed by atoms with Gasteiger partial charge in [-0.3, -0.25) is 10.1 Å². The van der Waals surface area contributed by atoms with Crippen molar-refractivity contribution in [3.8, 4) is 5.75 Å². The molecule has 122 valence electrons. The smallest absolute Gasteiger partial charge is 0.336 e. The molecule has 0 fully saturated rings. The summed E-state index contributed by atoms with van der Waals surface area (Å²) in [7, 11) is 0. The molecule has 1 heterocycles. The van der Waals surface area contributed by atoms with Crippen LogP contribution in [0.4, 0.5) is 5.69 Å². The normalized spacial score (nSPS) is 10.8. The Labute approximate surface area is 137 Å². The van der Waals surface area contributed by atoms with Crippen molar-refractivity contribution >= 4 is 16.7 Å². The van der Waals surface area contributed by atoms with E-state index in [2.05, 4.69) is 0 Å². The Balaban J connectivity index is 2.01. The predicted octanol–water partition coefficient (Wildman–Crippen LogP) is 3.90. The molecule has 3 aromatic rings. The van der Waals surface area contributed by atoms with Crippen LogP contribution in [0.25, 0.3) is 11.0 Å². The van der Waals surface area contributed by atoms with Crippen molar-refractivity contribution in [1.29, 1.82) is 0 Å². The quantitative estimate of drug-likeness (QED) is 0.413. The zero-order chi connectivity index (χ0) is 17.3. The fourth-order valence-electron chi connectivity index (χ4n) is 2.53. The van der Waals surface area contributed by atoms with Gasteiger partial charge >= 0.3 is 11.3 Å². The van der Waals surface area contributed by atoms with Gasteiger partial charge in [0, 0.05) is 23.1 Å². The minimum absolute atomic E-state index is 0.0372. The zero-order valence-electron chi connectivity index (χ0n) is 13.2. The van der Waals surface area contributed by atoms with Gasteiger partial charge in [0.1, 0.15) is 12.2 Å². The Morgan fingerprint density at radius 1 is 1.17 bits per heavy atom. The molecule has 3 rings (SSSR count). The molecule has 0 N–H and O–H groups in total. The highest BCUT2D eigenvalue weighted by Gasteiger charge is 2.15. The molecule has 0 unspecified atom stereocenters. The number of benzene rings is 2. The topological polar surface area (TPSA) is 82.6 Å². The maximum Gasteiger partial charge on any atom is 0.336 e. The lowest BCUT2D eigenvalue weighted by Gasteiger charge is -2.10. The third-order valence-corrected chi connectivity index (χ3v) is 3.96. The molecule has 0 atom stereocenters. The summed E-state index contributed by atoms with van der Waals surface area (Å²) in [5.74, 6) is 0.160. The first-order chi connectivity index (χ1) is 11.5. The Kier molecular flexibility index (Phi) is 4.04. The van der Waals surface area contributed by atoms with Crippen LogP contribution in [0.5, 0.6) is 5.75 Å². The van der Waals surface area contributed by atoms with Gasteiger partial charge in [0.2, 0.25) is 0 Å². The van der Waals surface area contributed by atoms with Gasteiger partial charge in [-0.1, -0.05) is 24.3 Å². The molecule has 1 aromatic heterocycles. The molecule has 0 spiro atoms. The maximum absolute atomic E-state index is 11.8. The van der Waals surface area contributed by atoms with Crippen molar-refractivity contribution in [1.82, 2.24) is 0 Å². The number of para-hydroxylation sites is 2. The van der Waals surface area contributed by atoms with E-state index in [1.54, 1.807) is 12.1 Å². The van der Waals surface area contributed by atoms with Gasteiger partial charge in [-0.05, 0) is 31.0 Å². The Morgan fingerprint density at radius 2 is 1.92 bits per heavy atom. The second kappa shape index (κ2) is 6.16. The third-order valence-electron chi connectivity index (χ3n) is 3.96. The van der Waals surface area contributed by atoms with E-state index >= 15 is 0 Å². The summed E-state index contributed by atoms with van der Waals surface area (Å²) >= 11 is 0. The van der Waals surface area contributed by atoms with Crippen LogP contribution >= 0.6 is 0 Å². The highest BCUT2D eigenvalue weighted by Crippen LogP contribution is 2.28. The Morgan fingerprint density at radius 3 is 2.67 bits per heavy atom. The lowest BCUT2D eigenvalue weighted by atomic mass is 10.0. The zero-order valence-corrected chi connectivity index (χ0v) is 13.2. The number of aryl methyl sites for hydroxylation is 2. The molecule has 2 aromatic carbocycles. The first-order valence-corrected chi connectivity index (χ1v) is 7.36. The molecule has 6 heteroatoms. The lowest BCUT2D eigenvalue weighted by Crippen LogP contribution is -2.06. The van der Waals surface area contributed by atoms with Crippen LogP contribution in [-0.2, 0) is 6.61 Å². The van der Waals surface area contributed by atoms with Crippen LogP contribution in [-0.4, -0.2) is 4.92 Å². The van der Waals surface area contributed by atoms with Crippen LogP contribution in [0.3, 0.4) is 0 Å². The van der Waals surface area contributed by atoms with Crippen molar-refractivity contribution in [2.75, 3.05) is 0 Å². The number of rotatable bonds is 4. The fraction of sp³-hybridized carbons (Fsp3) is 0.167. The van der Waals surface area contributed by atoms with Crippen molar-refractivity contribution in [2.45, 2.75) is 20.5 Å². The van der Waals surface area contributed by atoms with E-state index in [9.17, 15) is 14.9 Å². The van der Waals surface area contributed by atoms with E-state index in [1.807, 2.05) is 26.0 Å². The second-order valence-corrected chi connectivity index (χ2v) is 5.49. The average Bonchev–Trinajstić information content (AvgIpc) is 2.56. The standard InChI is InChI=1S/C18H15NO5/c1-11-7-8-14-13(9-17(20)24-18(14)12(11)2)10-23-16-6-4-3-5-15(16)19(21)22/h3-9H,10H2,1-2H3. The number of fused-ring (bicyclic) bond motifs is 1. The van der Waals surface area contributed by atoms with E-state index in [1.165, 1.54) is 18.2 Å². The van der Waals surface area contributed by atoms with Crippen LogP contribution < -0.4 is 10.4 Å². The van der Waals surface area contributed by atoms with Gasteiger partial charge in [-0.15, -0.1) is 0 Å². The molecule has 0 saturated carbocycles. The van der Waals surface area contributed by atoms with Gasteiger partial charge < -0.3 is 9.15 Å². The molecular weight excluding hydrogens is 310 g/mol. The molecule has 0 aliphatic rings. The third kappa shape index (κ3) is 2.86. The number of ether oxygens (including phenoxy) is 1. The van der Waals surface area contributed by atoms with Crippen LogP contribution in [0.1, 0.15) is 16.7 Å². The molecule has 0 bridgehead atoms. The first kappa shape index (κ1) is 15.7. The van der Waals surface area contributed by atoms with Gasteiger partial charge in [-0.25, -0.2) is 4.79 Å². The molecule has 0 aliphatic carbocycles. The largest absolute Gasteiger partial charge is 0.482 e. The highest BCUT2D eigenvalue weighted by molar-refractivity contribution is 5.83. The summed E-state index contributed by atoms with van der Waals surface area (Å²) in [6, 6.07) is 11.3. The molecule has 0 radical (unpaired) electrons. The van der Waals surface area contributed by atoms with E-state index in [0.717, 1.165) is 16.5 Å². The van der Waals surface area contributed by atoms with Crippen LogP contribution in [0.15, 0.2) is 51.7 Å². The first-order valence-electron chi connectivity index (χ1n) is 7.36. The summed E-state index contributed by atoms with van der Waals surface area (Å²) in [6.45, 7) is 3.86.